The lowest BCUT2D eigenvalue weighted by molar-refractivity contribution is 0.275. The normalized spacial score (nSPS) is 11.7. The minimum absolute atomic E-state index is 0.00511. The molecule has 2 rings (SSSR count). The number of ether oxygens (including phenoxy) is 1. The Hall–Kier alpha value is -1.34. The van der Waals surface area contributed by atoms with Crippen LogP contribution in [0.5, 0.6) is 5.75 Å². The predicted molar refractivity (Wildman–Crippen MR) is 88.2 cm³/mol. The number of rotatable bonds is 6. The molecular formula is C15H14Cl2FNO3S. The molecule has 0 N–H and O–H groups in total. The molecule has 8 heteroatoms. The molecule has 0 aliphatic heterocycles. The molecule has 4 nitrogen and oxygen atoms in total. The number of hydrogen-bond donors (Lipinski definition) is 0. The van der Waals surface area contributed by atoms with Gasteiger partial charge < -0.3 is 4.74 Å². The number of benzene rings is 2. The Morgan fingerprint density at radius 1 is 1.13 bits per heavy atom. The van der Waals surface area contributed by atoms with Crippen LogP contribution in [-0.2, 0) is 10.0 Å². The Balaban J connectivity index is 2.06. The number of nitrogens with zero attached hydrogens (tertiary/aromatic N) is 1. The topological polar surface area (TPSA) is 46.6 Å². The summed E-state index contributed by atoms with van der Waals surface area (Å²) in [5.41, 5.74) is 0. The van der Waals surface area contributed by atoms with Crippen molar-refractivity contribution in [3.8, 4) is 5.75 Å². The van der Waals surface area contributed by atoms with Gasteiger partial charge in [-0.05, 0) is 24.3 Å². The third-order valence-electron chi connectivity index (χ3n) is 3.10. The van der Waals surface area contributed by atoms with Gasteiger partial charge in [-0.3, -0.25) is 0 Å². The monoisotopic (exact) mass is 377 g/mol. The first kappa shape index (κ1) is 18.0. The largest absolute Gasteiger partial charge is 0.489 e. The Bertz CT molecular complexity index is 799. The van der Waals surface area contributed by atoms with Gasteiger partial charge in [0.1, 0.15) is 11.5 Å². The molecule has 2 aromatic rings. The number of para-hydroxylation sites is 1. The summed E-state index contributed by atoms with van der Waals surface area (Å²) in [6.45, 7) is 0.0222. The van der Waals surface area contributed by atoms with E-state index >= 15 is 0 Å². The van der Waals surface area contributed by atoms with Gasteiger partial charge in [0, 0.05) is 13.6 Å². The van der Waals surface area contributed by atoms with Gasteiger partial charge in [-0.25, -0.2) is 12.8 Å². The second kappa shape index (κ2) is 7.49. The number of sulfonamides is 1. The van der Waals surface area contributed by atoms with Gasteiger partial charge in [0.25, 0.3) is 0 Å². The highest BCUT2D eigenvalue weighted by molar-refractivity contribution is 7.89. The summed E-state index contributed by atoms with van der Waals surface area (Å²) in [6, 6.07) is 10.3. The second-order valence-electron chi connectivity index (χ2n) is 4.66. The van der Waals surface area contributed by atoms with E-state index in [0.29, 0.717) is 0 Å². The Morgan fingerprint density at radius 2 is 1.83 bits per heavy atom. The first-order valence-electron chi connectivity index (χ1n) is 6.61. The lowest BCUT2D eigenvalue weighted by Gasteiger charge is -2.18. The standard InChI is InChI=1S/C15H14Cl2FNO3S/c1-19(9-10-22-13-7-3-2-6-12(13)18)23(20,21)14-8-4-5-11(16)15(14)17/h2-8H,9-10H2,1H3. The van der Waals surface area contributed by atoms with Crippen LogP contribution in [0.15, 0.2) is 47.4 Å². The predicted octanol–water partition coefficient (Wildman–Crippen LogP) is 3.83. The van der Waals surface area contributed by atoms with Crippen molar-refractivity contribution in [1.29, 1.82) is 0 Å². The van der Waals surface area contributed by atoms with Crippen LogP contribution < -0.4 is 4.74 Å². The van der Waals surface area contributed by atoms with Gasteiger partial charge in [0.05, 0.1) is 10.0 Å². The van der Waals surface area contributed by atoms with E-state index in [2.05, 4.69) is 0 Å². The van der Waals surface area contributed by atoms with Crippen molar-refractivity contribution >= 4 is 33.2 Å². The van der Waals surface area contributed by atoms with E-state index in [4.69, 9.17) is 27.9 Å². The molecule has 0 fully saturated rings. The number of likely N-dealkylation sites (N-methyl/N-ethyl adjacent to an activating group) is 1. The Morgan fingerprint density at radius 3 is 2.52 bits per heavy atom. The van der Waals surface area contributed by atoms with Crippen LogP contribution in [-0.4, -0.2) is 32.9 Å². The summed E-state index contributed by atoms with van der Waals surface area (Å²) in [6.07, 6.45) is 0. The van der Waals surface area contributed by atoms with E-state index in [9.17, 15) is 12.8 Å². The van der Waals surface area contributed by atoms with E-state index in [1.807, 2.05) is 0 Å². The Kier molecular flexibility index (Phi) is 5.86. The molecule has 0 heterocycles. The first-order valence-corrected chi connectivity index (χ1v) is 8.81. The number of hydrogen-bond acceptors (Lipinski definition) is 3. The molecule has 0 saturated carbocycles. The van der Waals surface area contributed by atoms with Crippen LogP contribution in [0.3, 0.4) is 0 Å². The third-order valence-corrected chi connectivity index (χ3v) is 5.93. The fourth-order valence-corrected chi connectivity index (χ4v) is 3.70. The molecule has 0 aromatic heterocycles. The van der Waals surface area contributed by atoms with Crippen LogP contribution in [0.4, 0.5) is 4.39 Å². The quantitative estimate of drug-likeness (QED) is 0.768. The molecular weight excluding hydrogens is 364 g/mol. The average Bonchev–Trinajstić information content (AvgIpc) is 2.51. The molecule has 124 valence electrons. The van der Waals surface area contributed by atoms with Crippen molar-refractivity contribution in [2.45, 2.75) is 4.90 Å². The summed E-state index contributed by atoms with van der Waals surface area (Å²) < 4.78 is 44.7. The van der Waals surface area contributed by atoms with Crippen LogP contribution in [0, 0.1) is 5.82 Å². The zero-order chi connectivity index (χ0) is 17.0. The molecule has 0 atom stereocenters. The maximum atomic E-state index is 13.4. The molecule has 2 aromatic carbocycles. The molecule has 0 amide bonds. The van der Waals surface area contributed by atoms with Crippen LogP contribution in [0.2, 0.25) is 10.0 Å². The minimum Gasteiger partial charge on any atom is -0.489 e. The fourth-order valence-electron chi connectivity index (χ4n) is 1.82. The highest BCUT2D eigenvalue weighted by Gasteiger charge is 2.24. The fraction of sp³-hybridized carbons (Fsp3) is 0.200. The molecule has 0 aliphatic carbocycles. The summed E-state index contributed by atoms with van der Waals surface area (Å²) in [5.74, 6) is -0.435. The molecule has 0 radical (unpaired) electrons. The average molecular weight is 378 g/mol. The molecule has 0 aliphatic rings. The smallest absolute Gasteiger partial charge is 0.244 e. The van der Waals surface area contributed by atoms with Crippen molar-refractivity contribution in [2.75, 3.05) is 20.2 Å². The maximum absolute atomic E-state index is 13.4. The SMILES string of the molecule is CN(CCOc1ccccc1F)S(=O)(=O)c1cccc(Cl)c1Cl. The van der Waals surface area contributed by atoms with Gasteiger partial charge >= 0.3 is 0 Å². The van der Waals surface area contributed by atoms with Crippen LogP contribution >= 0.6 is 23.2 Å². The first-order chi connectivity index (χ1) is 10.8. The van der Waals surface area contributed by atoms with Crippen LogP contribution in [0.25, 0.3) is 0 Å². The zero-order valence-electron chi connectivity index (χ0n) is 12.2. The van der Waals surface area contributed by atoms with Gasteiger partial charge in [0.15, 0.2) is 11.6 Å². The molecule has 0 saturated heterocycles. The Labute approximate surface area is 144 Å². The molecule has 0 spiro atoms. The van der Waals surface area contributed by atoms with Crippen molar-refractivity contribution in [1.82, 2.24) is 4.31 Å². The summed E-state index contributed by atoms with van der Waals surface area (Å²) in [7, 11) is -2.43. The molecule has 23 heavy (non-hydrogen) atoms. The number of halogens is 3. The van der Waals surface area contributed by atoms with E-state index in [-0.39, 0.29) is 33.8 Å². The van der Waals surface area contributed by atoms with E-state index in [1.54, 1.807) is 12.1 Å². The van der Waals surface area contributed by atoms with Gasteiger partial charge in [-0.1, -0.05) is 41.4 Å². The maximum Gasteiger partial charge on any atom is 0.244 e. The zero-order valence-corrected chi connectivity index (χ0v) is 14.5. The van der Waals surface area contributed by atoms with E-state index in [1.165, 1.54) is 37.4 Å². The second-order valence-corrected chi connectivity index (χ2v) is 7.46. The summed E-state index contributed by atoms with van der Waals surface area (Å²) in [5, 5.41) is 0.125. The van der Waals surface area contributed by atoms with Crippen molar-refractivity contribution in [3.63, 3.8) is 0 Å². The minimum atomic E-state index is -3.81. The summed E-state index contributed by atoms with van der Waals surface area (Å²) >= 11 is 11.8. The molecule has 0 unspecified atom stereocenters. The van der Waals surface area contributed by atoms with Gasteiger partial charge in [0.2, 0.25) is 10.0 Å². The van der Waals surface area contributed by atoms with E-state index < -0.39 is 15.8 Å². The van der Waals surface area contributed by atoms with Crippen LogP contribution in [0.1, 0.15) is 0 Å². The van der Waals surface area contributed by atoms with Crippen molar-refractivity contribution < 1.29 is 17.5 Å². The highest BCUT2D eigenvalue weighted by Crippen LogP contribution is 2.30. The lowest BCUT2D eigenvalue weighted by atomic mass is 10.3. The van der Waals surface area contributed by atoms with Crippen molar-refractivity contribution in [3.05, 3.63) is 58.3 Å². The van der Waals surface area contributed by atoms with Gasteiger partial charge in [-0.2, -0.15) is 4.31 Å². The van der Waals surface area contributed by atoms with E-state index in [0.717, 1.165) is 4.31 Å². The third kappa shape index (κ3) is 4.14. The van der Waals surface area contributed by atoms with Gasteiger partial charge in [-0.15, -0.1) is 0 Å². The summed E-state index contributed by atoms with van der Waals surface area (Å²) in [4.78, 5) is -0.0833. The molecule has 0 bridgehead atoms. The lowest BCUT2D eigenvalue weighted by Crippen LogP contribution is -2.31. The van der Waals surface area contributed by atoms with Crippen molar-refractivity contribution in [2.24, 2.45) is 0 Å². The highest BCUT2D eigenvalue weighted by atomic mass is 35.5.